The van der Waals surface area contributed by atoms with Gasteiger partial charge in [-0.05, 0) is 62.2 Å². The summed E-state index contributed by atoms with van der Waals surface area (Å²) in [6.45, 7) is 6.00. The molecule has 1 aromatic heterocycles. The molecule has 1 saturated heterocycles. The van der Waals surface area contributed by atoms with Gasteiger partial charge in [-0.3, -0.25) is 4.79 Å². The molecule has 5 heteroatoms. The SMILES string of the molecule is Cc1cc(-c2c(/C=C/C3CC(O)CC(=O)O3)n(C(C)C)c3ccccc23)ccc1F. The van der Waals surface area contributed by atoms with Crippen LogP contribution >= 0.6 is 0 Å². The Morgan fingerprint density at radius 3 is 2.70 bits per heavy atom. The van der Waals surface area contributed by atoms with Crippen LogP contribution in [-0.2, 0) is 9.53 Å². The Morgan fingerprint density at radius 1 is 1.23 bits per heavy atom. The van der Waals surface area contributed by atoms with Gasteiger partial charge in [-0.2, -0.15) is 0 Å². The number of cyclic esters (lactones) is 1. The first-order valence-electron chi connectivity index (χ1n) is 10.3. The van der Waals surface area contributed by atoms with Crippen LogP contribution in [0.2, 0.25) is 0 Å². The second-order valence-corrected chi connectivity index (χ2v) is 8.19. The number of rotatable bonds is 4. The normalized spacial score (nSPS) is 19.7. The second kappa shape index (κ2) is 8.07. The Bertz CT molecular complexity index is 1130. The number of benzene rings is 2. The van der Waals surface area contributed by atoms with Crippen LogP contribution < -0.4 is 0 Å². The maximum atomic E-state index is 13.9. The fourth-order valence-electron chi connectivity index (χ4n) is 4.23. The highest BCUT2D eigenvalue weighted by molar-refractivity contribution is 6.01. The molecular weight excluding hydrogens is 381 g/mol. The van der Waals surface area contributed by atoms with Gasteiger partial charge in [0.2, 0.25) is 0 Å². The average molecular weight is 407 g/mol. The summed E-state index contributed by atoms with van der Waals surface area (Å²) in [6.07, 6.45) is 3.07. The summed E-state index contributed by atoms with van der Waals surface area (Å²) in [7, 11) is 0. The molecule has 0 radical (unpaired) electrons. The molecule has 0 spiro atoms. The lowest BCUT2D eigenvalue weighted by Gasteiger charge is -2.23. The van der Waals surface area contributed by atoms with E-state index in [1.807, 2.05) is 30.4 Å². The summed E-state index contributed by atoms with van der Waals surface area (Å²) in [6, 6.07) is 13.5. The predicted molar refractivity (Wildman–Crippen MR) is 117 cm³/mol. The van der Waals surface area contributed by atoms with Gasteiger partial charge in [-0.1, -0.05) is 24.3 Å². The summed E-state index contributed by atoms with van der Waals surface area (Å²) in [5.74, 6) is -0.617. The second-order valence-electron chi connectivity index (χ2n) is 8.19. The number of aromatic nitrogens is 1. The van der Waals surface area contributed by atoms with Crippen LogP contribution in [0.25, 0.3) is 28.1 Å². The fourth-order valence-corrected chi connectivity index (χ4v) is 4.23. The Balaban J connectivity index is 1.90. The average Bonchev–Trinajstić information content (AvgIpc) is 3.02. The quantitative estimate of drug-likeness (QED) is 0.588. The highest BCUT2D eigenvalue weighted by Crippen LogP contribution is 2.38. The molecule has 1 N–H and O–H groups in total. The fraction of sp³-hybridized carbons (Fsp3) is 0.320. The number of hydrogen-bond acceptors (Lipinski definition) is 3. The number of halogens is 1. The van der Waals surface area contributed by atoms with Crippen molar-refractivity contribution < 1.29 is 19.0 Å². The smallest absolute Gasteiger partial charge is 0.309 e. The van der Waals surface area contributed by atoms with Gasteiger partial charge in [0.25, 0.3) is 0 Å². The number of para-hydroxylation sites is 1. The Hall–Kier alpha value is -2.92. The Kier molecular flexibility index (Phi) is 5.48. The number of aliphatic hydroxyl groups is 1. The largest absolute Gasteiger partial charge is 0.458 e. The molecule has 0 bridgehead atoms. The molecule has 0 aliphatic carbocycles. The third kappa shape index (κ3) is 3.77. The van der Waals surface area contributed by atoms with Gasteiger partial charge in [0.1, 0.15) is 11.9 Å². The van der Waals surface area contributed by atoms with Crippen LogP contribution in [0.1, 0.15) is 44.0 Å². The molecule has 1 aliphatic rings. The van der Waals surface area contributed by atoms with Crippen LogP contribution in [0, 0.1) is 12.7 Å². The van der Waals surface area contributed by atoms with Crippen molar-refractivity contribution in [1.82, 2.24) is 4.57 Å². The predicted octanol–water partition coefficient (Wildman–Crippen LogP) is 5.42. The van der Waals surface area contributed by atoms with Crippen molar-refractivity contribution >= 4 is 22.9 Å². The molecular formula is C25H26FNO3. The minimum atomic E-state index is -0.684. The molecule has 1 aliphatic heterocycles. The van der Waals surface area contributed by atoms with Crippen LogP contribution in [0.3, 0.4) is 0 Å². The van der Waals surface area contributed by atoms with Gasteiger partial charge < -0.3 is 14.4 Å². The molecule has 0 saturated carbocycles. The number of aliphatic hydroxyl groups excluding tert-OH is 1. The number of nitrogens with zero attached hydrogens (tertiary/aromatic N) is 1. The van der Waals surface area contributed by atoms with Gasteiger partial charge in [0.05, 0.1) is 12.5 Å². The van der Waals surface area contributed by atoms with Crippen molar-refractivity contribution in [2.24, 2.45) is 0 Å². The summed E-state index contributed by atoms with van der Waals surface area (Å²) in [5.41, 5.74) is 4.59. The van der Waals surface area contributed by atoms with Crippen LogP contribution in [-0.4, -0.2) is 27.9 Å². The molecule has 4 nitrogen and oxygen atoms in total. The molecule has 2 aromatic carbocycles. The van der Waals surface area contributed by atoms with Crippen molar-refractivity contribution in [1.29, 1.82) is 0 Å². The van der Waals surface area contributed by atoms with Gasteiger partial charge in [-0.15, -0.1) is 0 Å². The number of aryl methyl sites for hydroxylation is 1. The third-order valence-corrected chi connectivity index (χ3v) is 5.57. The zero-order valence-corrected chi connectivity index (χ0v) is 17.4. The van der Waals surface area contributed by atoms with E-state index in [0.717, 1.165) is 27.7 Å². The van der Waals surface area contributed by atoms with Crippen LogP contribution in [0.4, 0.5) is 4.39 Å². The van der Waals surface area contributed by atoms with Gasteiger partial charge in [0, 0.05) is 34.6 Å². The molecule has 2 heterocycles. The van der Waals surface area contributed by atoms with E-state index in [4.69, 9.17) is 4.74 Å². The lowest BCUT2D eigenvalue weighted by molar-refractivity contribution is -0.156. The van der Waals surface area contributed by atoms with Crippen molar-refractivity contribution in [2.45, 2.75) is 51.9 Å². The number of carbonyl (C=O) groups is 1. The molecule has 1 fully saturated rings. The van der Waals surface area contributed by atoms with E-state index in [2.05, 4.69) is 30.5 Å². The third-order valence-electron chi connectivity index (χ3n) is 5.57. The van der Waals surface area contributed by atoms with E-state index in [9.17, 15) is 14.3 Å². The molecule has 2 atom stereocenters. The minimum absolute atomic E-state index is 0.0384. The molecule has 4 rings (SSSR count). The first-order chi connectivity index (χ1) is 14.3. The zero-order chi connectivity index (χ0) is 21.4. The molecule has 3 aromatic rings. The first kappa shape index (κ1) is 20.4. The number of hydrogen-bond donors (Lipinski definition) is 1. The highest BCUT2D eigenvalue weighted by atomic mass is 19.1. The maximum absolute atomic E-state index is 13.9. The van der Waals surface area contributed by atoms with Crippen molar-refractivity contribution in [3.8, 4) is 11.1 Å². The van der Waals surface area contributed by atoms with E-state index in [-0.39, 0.29) is 24.2 Å². The monoisotopic (exact) mass is 407 g/mol. The van der Waals surface area contributed by atoms with Crippen molar-refractivity contribution in [3.63, 3.8) is 0 Å². The van der Waals surface area contributed by atoms with E-state index < -0.39 is 12.2 Å². The summed E-state index contributed by atoms with van der Waals surface area (Å²) >= 11 is 0. The first-order valence-corrected chi connectivity index (χ1v) is 10.3. The molecule has 0 amide bonds. The minimum Gasteiger partial charge on any atom is -0.458 e. The Labute approximate surface area is 175 Å². The zero-order valence-electron chi connectivity index (χ0n) is 17.4. The summed E-state index contributed by atoms with van der Waals surface area (Å²) in [4.78, 5) is 11.7. The standard InChI is InChI=1S/C25H26FNO3/c1-15(2)27-22-7-5-4-6-20(22)25(17-8-10-21(26)16(3)12-17)23(27)11-9-19-13-18(28)14-24(29)30-19/h4-12,15,18-19,28H,13-14H2,1-3H3/b11-9+. The lowest BCUT2D eigenvalue weighted by Crippen LogP contribution is -2.31. The molecule has 156 valence electrons. The molecule has 30 heavy (non-hydrogen) atoms. The van der Waals surface area contributed by atoms with Crippen molar-refractivity contribution in [3.05, 3.63) is 65.6 Å². The van der Waals surface area contributed by atoms with Gasteiger partial charge in [-0.25, -0.2) is 4.39 Å². The summed E-state index contributed by atoms with van der Waals surface area (Å²) in [5, 5.41) is 11.0. The molecule has 2 unspecified atom stereocenters. The maximum Gasteiger partial charge on any atom is 0.309 e. The topological polar surface area (TPSA) is 51.5 Å². The number of fused-ring (bicyclic) bond motifs is 1. The number of carbonyl (C=O) groups excluding carboxylic acids is 1. The van der Waals surface area contributed by atoms with Gasteiger partial charge >= 0.3 is 5.97 Å². The van der Waals surface area contributed by atoms with Crippen molar-refractivity contribution in [2.75, 3.05) is 0 Å². The van der Waals surface area contributed by atoms with E-state index in [0.29, 0.717) is 12.0 Å². The number of esters is 1. The van der Waals surface area contributed by atoms with E-state index in [1.165, 1.54) is 6.07 Å². The number of ether oxygens (including phenoxy) is 1. The Morgan fingerprint density at radius 2 is 2.00 bits per heavy atom. The van der Waals surface area contributed by atoms with Crippen LogP contribution in [0.15, 0.2) is 48.5 Å². The van der Waals surface area contributed by atoms with Crippen LogP contribution in [0.5, 0.6) is 0 Å². The lowest BCUT2D eigenvalue weighted by atomic mass is 9.99. The van der Waals surface area contributed by atoms with E-state index >= 15 is 0 Å². The highest BCUT2D eigenvalue weighted by Gasteiger charge is 2.26. The van der Waals surface area contributed by atoms with E-state index in [1.54, 1.807) is 13.0 Å². The summed E-state index contributed by atoms with van der Waals surface area (Å²) < 4.78 is 21.6. The van der Waals surface area contributed by atoms with Gasteiger partial charge in [0.15, 0.2) is 0 Å².